The van der Waals surface area contributed by atoms with Crippen LogP contribution in [0.2, 0.25) is 0 Å². The van der Waals surface area contributed by atoms with Gasteiger partial charge in [0.1, 0.15) is 17.7 Å². The van der Waals surface area contributed by atoms with Crippen LogP contribution >= 0.6 is 0 Å². The molecule has 2 heterocycles. The molecule has 1 fully saturated rings. The number of carbonyl (C=O) groups excluding carboxylic acids is 1. The molecule has 0 aliphatic carbocycles. The molecule has 1 aliphatic rings. The SMILES string of the molecule is Cc1nnnn1C(Cc1cccc(F)c1)C(=O)N1CCOC(C)C1. The number of hydrogen-bond donors (Lipinski definition) is 0. The summed E-state index contributed by atoms with van der Waals surface area (Å²) in [5, 5.41) is 11.5. The van der Waals surface area contributed by atoms with Crippen LogP contribution in [0.15, 0.2) is 24.3 Å². The van der Waals surface area contributed by atoms with E-state index in [1.54, 1.807) is 24.0 Å². The number of benzene rings is 1. The van der Waals surface area contributed by atoms with Gasteiger partial charge in [0, 0.05) is 19.5 Å². The highest BCUT2D eigenvalue weighted by molar-refractivity contribution is 5.81. The Labute approximate surface area is 139 Å². The third-order valence-electron chi connectivity index (χ3n) is 4.11. The lowest BCUT2D eigenvalue weighted by molar-refractivity contribution is -0.142. The number of ether oxygens (including phenoxy) is 1. The first-order valence-electron chi connectivity index (χ1n) is 7.94. The van der Waals surface area contributed by atoms with Gasteiger partial charge < -0.3 is 9.64 Å². The number of nitrogens with zero attached hydrogens (tertiary/aromatic N) is 5. The Kier molecular flexibility index (Phi) is 4.84. The van der Waals surface area contributed by atoms with Gasteiger partial charge in [-0.1, -0.05) is 12.1 Å². The Bertz CT molecular complexity index is 720. The van der Waals surface area contributed by atoms with E-state index in [2.05, 4.69) is 15.5 Å². The Balaban J connectivity index is 1.87. The molecule has 128 valence electrons. The normalized spacial score (nSPS) is 19.3. The van der Waals surface area contributed by atoms with Gasteiger partial charge in [-0.05, 0) is 42.0 Å². The molecule has 0 N–H and O–H groups in total. The molecule has 1 aromatic heterocycles. The molecule has 2 atom stereocenters. The fraction of sp³-hybridized carbons (Fsp3) is 0.500. The van der Waals surface area contributed by atoms with Crippen LogP contribution in [0, 0.1) is 12.7 Å². The average Bonchev–Trinajstić information content (AvgIpc) is 2.98. The molecule has 0 radical (unpaired) electrons. The molecule has 24 heavy (non-hydrogen) atoms. The molecular formula is C16H20FN5O2. The van der Waals surface area contributed by atoms with Crippen molar-refractivity contribution in [1.82, 2.24) is 25.1 Å². The highest BCUT2D eigenvalue weighted by atomic mass is 19.1. The molecule has 1 aliphatic heterocycles. The molecular weight excluding hydrogens is 313 g/mol. The minimum atomic E-state index is -0.605. The van der Waals surface area contributed by atoms with Gasteiger partial charge in [0.25, 0.3) is 0 Å². The summed E-state index contributed by atoms with van der Waals surface area (Å²) in [6.07, 6.45) is 0.321. The van der Waals surface area contributed by atoms with Crippen molar-refractivity contribution in [1.29, 1.82) is 0 Å². The van der Waals surface area contributed by atoms with Gasteiger partial charge >= 0.3 is 0 Å². The Morgan fingerprint density at radius 3 is 3.00 bits per heavy atom. The monoisotopic (exact) mass is 333 g/mol. The molecule has 1 amide bonds. The molecule has 1 saturated heterocycles. The van der Waals surface area contributed by atoms with E-state index in [1.807, 2.05) is 6.92 Å². The Hall–Kier alpha value is -2.35. The lowest BCUT2D eigenvalue weighted by Crippen LogP contribution is -2.48. The number of aromatic nitrogens is 4. The van der Waals surface area contributed by atoms with Crippen LogP contribution in [0.5, 0.6) is 0 Å². The fourth-order valence-electron chi connectivity index (χ4n) is 2.92. The van der Waals surface area contributed by atoms with E-state index in [1.165, 1.54) is 16.8 Å². The quantitative estimate of drug-likeness (QED) is 0.839. The number of hydrogen-bond acceptors (Lipinski definition) is 5. The second-order valence-electron chi connectivity index (χ2n) is 5.99. The zero-order valence-corrected chi connectivity index (χ0v) is 13.7. The van der Waals surface area contributed by atoms with Gasteiger partial charge in [-0.3, -0.25) is 4.79 Å². The third kappa shape index (κ3) is 3.59. The van der Waals surface area contributed by atoms with Crippen LogP contribution in [0.3, 0.4) is 0 Å². The van der Waals surface area contributed by atoms with Gasteiger partial charge in [-0.15, -0.1) is 5.10 Å². The average molecular weight is 333 g/mol. The van der Waals surface area contributed by atoms with Gasteiger partial charge in [0.2, 0.25) is 5.91 Å². The molecule has 8 heteroatoms. The summed E-state index contributed by atoms with van der Waals surface area (Å²) in [5.74, 6) is 0.142. The zero-order valence-electron chi connectivity index (χ0n) is 13.7. The van der Waals surface area contributed by atoms with Gasteiger partial charge in [0.05, 0.1) is 12.7 Å². The van der Waals surface area contributed by atoms with Crippen LogP contribution in [0.4, 0.5) is 4.39 Å². The summed E-state index contributed by atoms with van der Waals surface area (Å²) in [7, 11) is 0. The third-order valence-corrected chi connectivity index (χ3v) is 4.11. The second-order valence-corrected chi connectivity index (χ2v) is 5.99. The first kappa shape index (κ1) is 16.5. The predicted molar refractivity (Wildman–Crippen MR) is 83.7 cm³/mol. The van der Waals surface area contributed by atoms with Crippen LogP contribution in [0.25, 0.3) is 0 Å². The first-order valence-corrected chi connectivity index (χ1v) is 7.94. The maximum atomic E-state index is 13.5. The van der Waals surface area contributed by atoms with Gasteiger partial charge in [-0.2, -0.15) is 0 Å². The van der Waals surface area contributed by atoms with Crippen molar-refractivity contribution in [3.8, 4) is 0 Å². The van der Waals surface area contributed by atoms with E-state index < -0.39 is 6.04 Å². The van der Waals surface area contributed by atoms with Crippen LogP contribution in [0.1, 0.15) is 24.4 Å². The van der Waals surface area contributed by atoms with E-state index in [0.717, 1.165) is 5.56 Å². The summed E-state index contributed by atoms with van der Waals surface area (Å²) in [6, 6.07) is 5.64. The molecule has 2 aromatic rings. The topological polar surface area (TPSA) is 73.1 Å². The van der Waals surface area contributed by atoms with E-state index >= 15 is 0 Å². The first-order chi connectivity index (χ1) is 11.5. The van der Waals surface area contributed by atoms with Crippen molar-refractivity contribution < 1.29 is 13.9 Å². The van der Waals surface area contributed by atoms with E-state index in [0.29, 0.717) is 31.9 Å². The number of morpholine rings is 1. The van der Waals surface area contributed by atoms with E-state index in [-0.39, 0.29) is 17.8 Å². The maximum Gasteiger partial charge on any atom is 0.248 e. The van der Waals surface area contributed by atoms with Crippen molar-refractivity contribution in [3.05, 3.63) is 41.5 Å². The molecule has 0 spiro atoms. The molecule has 2 unspecified atom stereocenters. The minimum Gasteiger partial charge on any atom is -0.375 e. The summed E-state index contributed by atoms with van der Waals surface area (Å²) in [4.78, 5) is 14.8. The van der Waals surface area contributed by atoms with Crippen molar-refractivity contribution in [2.45, 2.75) is 32.4 Å². The number of aryl methyl sites for hydroxylation is 1. The number of amides is 1. The minimum absolute atomic E-state index is 0.00696. The number of rotatable bonds is 4. The van der Waals surface area contributed by atoms with Crippen LogP contribution in [-0.2, 0) is 16.0 Å². The summed E-state index contributed by atoms with van der Waals surface area (Å²) in [6.45, 7) is 5.24. The van der Waals surface area contributed by atoms with Crippen molar-refractivity contribution >= 4 is 5.91 Å². The van der Waals surface area contributed by atoms with Crippen molar-refractivity contribution in [2.24, 2.45) is 0 Å². The maximum absolute atomic E-state index is 13.5. The summed E-state index contributed by atoms with van der Waals surface area (Å²) in [5.41, 5.74) is 0.726. The molecule has 0 saturated carbocycles. The second kappa shape index (κ2) is 7.04. The van der Waals surface area contributed by atoms with Crippen LogP contribution < -0.4 is 0 Å². The van der Waals surface area contributed by atoms with Crippen molar-refractivity contribution in [3.63, 3.8) is 0 Å². The predicted octanol–water partition coefficient (Wildman–Crippen LogP) is 1.15. The molecule has 7 nitrogen and oxygen atoms in total. The zero-order chi connectivity index (χ0) is 17.1. The lowest BCUT2D eigenvalue weighted by atomic mass is 10.0. The number of carbonyl (C=O) groups is 1. The smallest absolute Gasteiger partial charge is 0.248 e. The number of tetrazole rings is 1. The highest BCUT2D eigenvalue weighted by Crippen LogP contribution is 2.20. The fourth-order valence-corrected chi connectivity index (χ4v) is 2.92. The van der Waals surface area contributed by atoms with Gasteiger partial charge in [0.15, 0.2) is 0 Å². The van der Waals surface area contributed by atoms with Crippen LogP contribution in [-0.4, -0.2) is 56.8 Å². The summed E-state index contributed by atoms with van der Waals surface area (Å²) < 4.78 is 20.5. The standard InChI is InChI=1S/C16H20FN5O2/c1-11-10-21(6-7-24-11)16(23)15(22-12(2)18-19-20-22)9-13-4-3-5-14(17)8-13/h3-5,8,11,15H,6-7,9-10H2,1-2H3. The van der Waals surface area contributed by atoms with E-state index in [9.17, 15) is 9.18 Å². The lowest BCUT2D eigenvalue weighted by Gasteiger charge is -2.33. The van der Waals surface area contributed by atoms with E-state index in [4.69, 9.17) is 4.74 Å². The van der Waals surface area contributed by atoms with Gasteiger partial charge in [-0.25, -0.2) is 9.07 Å². The Morgan fingerprint density at radius 2 is 2.33 bits per heavy atom. The largest absolute Gasteiger partial charge is 0.375 e. The molecule has 1 aromatic carbocycles. The number of halogens is 1. The summed E-state index contributed by atoms with van der Waals surface area (Å²) >= 11 is 0. The van der Waals surface area contributed by atoms with Crippen molar-refractivity contribution in [2.75, 3.05) is 19.7 Å². The molecule has 3 rings (SSSR count). The highest BCUT2D eigenvalue weighted by Gasteiger charge is 2.31. The Morgan fingerprint density at radius 1 is 1.50 bits per heavy atom. The molecule has 0 bridgehead atoms.